The molecule has 0 bridgehead atoms. The first kappa shape index (κ1) is 21.5. The van der Waals surface area contributed by atoms with Crippen LogP contribution in [0.1, 0.15) is 25.7 Å². The molecule has 27 heavy (non-hydrogen) atoms. The van der Waals surface area contributed by atoms with Crippen LogP contribution in [0, 0.1) is 0 Å². The number of nitrogens with zero attached hydrogens (tertiary/aromatic N) is 2. The summed E-state index contributed by atoms with van der Waals surface area (Å²) in [5.74, 6) is 0. The maximum Gasteiger partial charge on any atom is 0.318 e. The van der Waals surface area contributed by atoms with Gasteiger partial charge in [0.1, 0.15) is 0 Å². The van der Waals surface area contributed by atoms with Gasteiger partial charge in [-0.15, -0.1) is 0 Å². The number of amides is 3. The summed E-state index contributed by atoms with van der Waals surface area (Å²) in [4.78, 5) is 26.5. The third-order valence-corrected chi connectivity index (χ3v) is 4.61. The van der Waals surface area contributed by atoms with Gasteiger partial charge in [0.05, 0.1) is 13.3 Å². The van der Waals surface area contributed by atoms with Gasteiger partial charge in [-0.25, -0.2) is 4.79 Å². The summed E-state index contributed by atoms with van der Waals surface area (Å²) in [6.07, 6.45) is 11.9. The van der Waals surface area contributed by atoms with E-state index in [0.717, 1.165) is 37.9 Å². The normalized spacial score (nSPS) is 19.6. The van der Waals surface area contributed by atoms with Gasteiger partial charge in [-0.05, 0) is 37.3 Å². The van der Waals surface area contributed by atoms with Crippen LogP contribution < -0.4 is 5.32 Å². The Labute approximate surface area is 165 Å². The van der Waals surface area contributed by atoms with Crippen LogP contribution in [-0.4, -0.2) is 68.6 Å². The van der Waals surface area contributed by atoms with Crippen LogP contribution in [-0.2, 0) is 14.3 Å². The Morgan fingerprint density at radius 2 is 2.26 bits per heavy atom. The summed E-state index contributed by atoms with van der Waals surface area (Å²) < 4.78 is 11.1. The number of ether oxygens (including phenoxy) is 2. The lowest BCUT2D eigenvalue weighted by Gasteiger charge is -2.25. The van der Waals surface area contributed by atoms with E-state index in [4.69, 9.17) is 21.1 Å². The van der Waals surface area contributed by atoms with Crippen molar-refractivity contribution in [2.75, 3.05) is 40.0 Å². The molecule has 2 aliphatic rings. The molecule has 150 valence electrons. The van der Waals surface area contributed by atoms with E-state index in [1.54, 1.807) is 13.1 Å². The lowest BCUT2D eigenvalue weighted by Crippen LogP contribution is -2.44. The molecule has 1 aliphatic carbocycles. The highest BCUT2D eigenvalue weighted by molar-refractivity contribution is 6.31. The number of hydrogen-bond donors (Lipinski definition) is 1. The van der Waals surface area contributed by atoms with Gasteiger partial charge in [0.25, 0.3) is 0 Å². The summed E-state index contributed by atoms with van der Waals surface area (Å²) in [6, 6.07) is -0.259. The fourth-order valence-corrected chi connectivity index (χ4v) is 2.85. The SMILES string of the molecule is CN(CCOC1CCCCO1)C(=O)NCN(C=O)CC1=CCC=C(Cl)C=C1. The number of rotatable bonds is 9. The maximum atomic E-state index is 12.2. The highest BCUT2D eigenvalue weighted by Gasteiger charge is 2.15. The van der Waals surface area contributed by atoms with E-state index in [1.807, 2.05) is 18.2 Å². The monoisotopic (exact) mass is 397 g/mol. The summed E-state index contributed by atoms with van der Waals surface area (Å²) in [6.45, 7) is 2.13. The van der Waals surface area contributed by atoms with Crippen molar-refractivity contribution in [1.82, 2.24) is 15.1 Å². The first-order valence-corrected chi connectivity index (χ1v) is 9.60. The fraction of sp³-hybridized carbons (Fsp3) is 0.579. The van der Waals surface area contributed by atoms with Crippen LogP contribution in [0.4, 0.5) is 4.79 Å². The zero-order valence-electron chi connectivity index (χ0n) is 15.7. The average Bonchev–Trinajstić information content (AvgIpc) is 2.89. The third kappa shape index (κ3) is 8.15. The number of allylic oxidation sites excluding steroid dienone is 4. The molecule has 1 N–H and O–H groups in total. The molecular formula is C19H28ClN3O4. The van der Waals surface area contributed by atoms with Gasteiger partial charge in [0.2, 0.25) is 6.41 Å². The Hall–Kier alpha value is -1.83. The number of likely N-dealkylation sites (N-methyl/N-ethyl adjacent to an activating group) is 1. The average molecular weight is 398 g/mol. The first-order valence-electron chi connectivity index (χ1n) is 9.23. The van der Waals surface area contributed by atoms with Gasteiger partial charge < -0.3 is 24.6 Å². The van der Waals surface area contributed by atoms with Gasteiger partial charge >= 0.3 is 6.03 Å². The summed E-state index contributed by atoms with van der Waals surface area (Å²) in [5.41, 5.74) is 0.970. The molecule has 8 heteroatoms. The van der Waals surface area contributed by atoms with Crippen LogP contribution >= 0.6 is 11.6 Å². The predicted molar refractivity (Wildman–Crippen MR) is 104 cm³/mol. The molecule has 0 aromatic heterocycles. The van der Waals surface area contributed by atoms with Crippen molar-refractivity contribution >= 4 is 24.0 Å². The molecule has 1 aliphatic heterocycles. The Kier molecular flexibility index (Phi) is 9.38. The molecule has 1 saturated heterocycles. The second kappa shape index (κ2) is 11.8. The van der Waals surface area contributed by atoms with Crippen molar-refractivity contribution in [3.8, 4) is 0 Å². The van der Waals surface area contributed by atoms with E-state index in [0.29, 0.717) is 31.1 Å². The third-order valence-electron chi connectivity index (χ3n) is 4.33. The molecule has 0 aromatic carbocycles. The van der Waals surface area contributed by atoms with Crippen LogP contribution in [0.2, 0.25) is 0 Å². The van der Waals surface area contributed by atoms with Crippen molar-refractivity contribution < 1.29 is 19.1 Å². The van der Waals surface area contributed by atoms with E-state index in [9.17, 15) is 9.59 Å². The summed E-state index contributed by atoms with van der Waals surface area (Å²) >= 11 is 5.96. The van der Waals surface area contributed by atoms with Gasteiger partial charge in [-0.1, -0.05) is 29.8 Å². The lowest BCUT2D eigenvalue weighted by molar-refractivity contribution is -0.163. The van der Waals surface area contributed by atoms with Crippen LogP contribution in [0.25, 0.3) is 0 Å². The Morgan fingerprint density at radius 1 is 1.41 bits per heavy atom. The molecule has 1 fully saturated rings. The first-order chi connectivity index (χ1) is 13.1. The Bertz CT molecular complexity index is 586. The molecule has 0 saturated carbocycles. The second-order valence-corrected chi connectivity index (χ2v) is 6.95. The van der Waals surface area contributed by atoms with E-state index in [2.05, 4.69) is 5.32 Å². The van der Waals surface area contributed by atoms with Gasteiger partial charge in [-0.2, -0.15) is 0 Å². The van der Waals surface area contributed by atoms with E-state index in [-0.39, 0.29) is 19.0 Å². The van der Waals surface area contributed by atoms with Gasteiger partial charge in [0.15, 0.2) is 6.29 Å². The second-order valence-electron chi connectivity index (χ2n) is 6.52. The number of halogens is 1. The van der Waals surface area contributed by atoms with Crippen LogP contribution in [0.5, 0.6) is 0 Å². The van der Waals surface area contributed by atoms with E-state index in [1.165, 1.54) is 9.80 Å². The largest absolute Gasteiger partial charge is 0.353 e. The quantitative estimate of drug-likeness (QED) is 0.479. The summed E-state index contributed by atoms with van der Waals surface area (Å²) in [7, 11) is 1.69. The minimum absolute atomic E-state index is 0.131. The molecule has 1 heterocycles. The maximum absolute atomic E-state index is 12.2. The van der Waals surface area contributed by atoms with Crippen molar-refractivity contribution in [1.29, 1.82) is 0 Å². The number of carbonyl (C=O) groups is 2. The number of nitrogens with one attached hydrogen (secondary N) is 1. The fourth-order valence-electron chi connectivity index (χ4n) is 2.70. The van der Waals surface area contributed by atoms with Crippen LogP contribution in [0.3, 0.4) is 0 Å². The molecular weight excluding hydrogens is 370 g/mol. The van der Waals surface area contributed by atoms with E-state index >= 15 is 0 Å². The smallest absolute Gasteiger partial charge is 0.318 e. The highest BCUT2D eigenvalue weighted by atomic mass is 35.5. The number of carbonyl (C=O) groups excluding carboxylic acids is 2. The van der Waals surface area contributed by atoms with Gasteiger partial charge in [-0.3, -0.25) is 4.79 Å². The van der Waals surface area contributed by atoms with Crippen molar-refractivity contribution in [2.24, 2.45) is 0 Å². The molecule has 1 atom stereocenters. The predicted octanol–water partition coefficient (Wildman–Crippen LogP) is 2.60. The molecule has 0 radical (unpaired) electrons. The van der Waals surface area contributed by atoms with Crippen LogP contribution in [0.15, 0.2) is 34.9 Å². The lowest BCUT2D eigenvalue weighted by atomic mass is 10.2. The molecule has 3 amide bonds. The molecule has 1 unspecified atom stereocenters. The minimum Gasteiger partial charge on any atom is -0.353 e. The van der Waals surface area contributed by atoms with Crippen molar-refractivity contribution in [3.63, 3.8) is 0 Å². The minimum atomic E-state index is -0.259. The van der Waals surface area contributed by atoms with E-state index < -0.39 is 0 Å². The summed E-state index contributed by atoms with van der Waals surface area (Å²) in [5, 5.41) is 3.42. The molecule has 2 rings (SSSR count). The number of hydrogen-bond acceptors (Lipinski definition) is 4. The molecule has 0 aromatic rings. The Balaban J connectivity index is 1.66. The zero-order valence-corrected chi connectivity index (χ0v) is 16.5. The molecule has 7 nitrogen and oxygen atoms in total. The standard InChI is InChI=1S/C19H28ClN3O4/c1-22(10-12-27-18-7-2-3-11-26-18)19(25)21-14-23(15-24)13-16-5-4-6-17(20)9-8-16/h5-6,8-9,15,18H,2-4,7,10-14H2,1H3,(H,21,25). The van der Waals surface area contributed by atoms with Crippen molar-refractivity contribution in [2.45, 2.75) is 32.0 Å². The van der Waals surface area contributed by atoms with Crippen molar-refractivity contribution in [3.05, 3.63) is 34.9 Å². The topological polar surface area (TPSA) is 71.1 Å². The zero-order chi connectivity index (χ0) is 19.5. The van der Waals surface area contributed by atoms with Gasteiger partial charge in [0, 0.05) is 31.8 Å². The highest BCUT2D eigenvalue weighted by Crippen LogP contribution is 2.14. The Morgan fingerprint density at radius 3 is 3.00 bits per heavy atom. The molecule has 0 spiro atoms. The number of urea groups is 1.